The molecule has 0 unspecified atom stereocenters. The van der Waals surface area contributed by atoms with Gasteiger partial charge in [0.15, 0.2) is 0 Å². The lowest BCUT2D eigenvalue weighted by atomic mass is 10.0. The van der Waals surface area contributed by atoms with Crippen molar-refractivity contribution in [3.05, 3.63) is 48.0 Å². The molecule has 0 bridgehead atoms. The molecule has 0 atom stereocenters. The van der Waals surface area contributed by atoms with E-state index < -0.39 is 0 Å². The Morgan fingerprint density at radius 1 is 1.27 bits per heavy atom. The van der Waals surface area contributed by atoms with Crippen molar-refractivity contribution in [2.45, 2.75) is 19.9 Å². The zero-order valence-corrected chi connectivity index (χ0v) is 14.4. The zero-order valence-electron chi connectivity index (χ0n) is 14.4. The molecule has 0 aliphatic heterocycles. The largest absolute Gasteiger partial charge is 0.493 e. The molecule has 8 nitrogen and oxygen atoms in total. The Kier molecular flexibility index (Phi) is 4.99. The van der Waals surface area contributed by atoms with Crippen molar-refractivity contribution in [3.63, 3.8) is 0 Å². The van der Waals surface area contributed by atoms with E-state index >= 15 is 0 Å². The van der Waals surface area contributed by atoms with Crippen LogP contribution in [0.4, 0.5) is 11.8 Å². The number of nitrogens with two attached hydrogens (primary N) is 2. The second-order valence-electron chi connectivity index (χ2n) is 5.71. The van der Waals surface area contributed by atoms with Crippen LogP contribution in [0, 0.1) is 11.3 Å². The van der Waals surface area contributed by atoms with E-state index in [1.165, 1.54) is 0 Å². The number of benzene rings is 1. The van der Waals surface area contributed by atoms with Gasteiger partial charge >= 0.3 is 0 Å². The molecule has 8 heteroatoms. The van der Waals surface area contributed by atoms with Gasteiger partial charge < -0.3 is 20.8 Å². The molecule has 132 valence electrons. The van der Waals surface area contributed by atoms with Crippen LogP contribution >= 0.6 is 0 Å². The second-order valence-corrected chi connectivity index (χ2v) is 5.71. The Bertz CT molecular complexity index is 945. The number of rotatable bonds is 6. The lowest BCUT2D eigenvalue weighted by molar-refractivity contribution is 0.313. The molecule has 0 aliphatic rings. The first kappa shape index (κ1) is 17.2. The summed E-state index contributed by atoms with van der Waals surface area (Å²) in [5.74, 6) is 0.870. The minimum Gasteiger partial charge on any atom is -0.493 e. The first-order chi connectivity index (χ1) is 12.6. The van der Waals surface area contributed by atoms with Crippen LogP contribution in [0.2, 0.25) is 0 Å². The Balaban J connectivity index is 2.08. The maximum atomic E-state index is 9.41. The minimum absolute atomic E-state index is 0.0268. The molecule has 0 saturated heterocycles. The van der Waals surface area contributed by atoms with Gasteiger partial charge in [0.25, 0.3) is 0 Å². The van der Waals surface area contributed by atoms with Crippen LogP contribution in [0.15, 0.2) is 36.9 Å². The number of imidazole rings is 1. The Labute approximate surface area is 151 Å². The molecule has 3 rings (SSSR count). The Morgan fingerprint density at radius 3 is 2.81 bits per heavy atom. The third kappa shape index (κ3) is 3.57. The summed E-state index contributed by atoms with van der Waals surface area (Å²) in [6.45, 7) is 3.24. The summed E-state index contributed by atoms with van der Waals surface area (Å²) in [5, 5.41) is 9.41. The topological polar surface area (TPSA) is 129 Å². The molecule has 4 N–H and O–H groups in total. The molecule has 26 heavy (non-hydrogen) atoms. The van der Waals surface area contributed by atoms with Crippen LogP contribution in [0.1, 0.15) is 24.5 Å². The maximum Gasteiger partial charge on any atom is 0.222 e. The van der Waals surface area contributed by atoms with Gasteiger partial charge in [-0.2, -0.15) is 10.2 Å². The molecule has 0 amide bonds. The predicted molar refractivity (Wildman–Crippen MR) is 98.1 cm³/mol. The third-order valence-electron chi connectivity index (χ3n) is 3.77. The van der Waals surface area contributed by atoms with Gasteiger partial charge in [0.1, 0.15) is 23.2 Å². The van der Waals surface area contributed by atoms with E-state index in [9.17, 15) is 5.26 Å². The maximum absolute atomic E-state index is 9.41. The van der Waals surface area contributed by atoms with E-state index in [1.807, 2.05) is 29.0 Å². The van der Waals surface area contributed by atoms with Crippen LogP contribution in [0.25, 0.3) is 11.3 Å². The van der Waals surface area contributed by atoms with E-state index in [0.717, 1.165) is 23.3 Å². The highest BCUT2D eigenvalue weighted by Gasteiger charge is 2.15. The summed E-state index contributed by atoms with van der Waals surface area (Å²) >= 11 is 0. The van der Waals surface area contributed by atoms with Crippen LogP contribution in [-0.4, -0.2) is 26.1 Å². The number of ether oxygens (including phenoxy) is 1. The van der Waals surface area contributed by atoms with Crippen molar-refractivity contribution >= 4 is 11.8 Å². The van der Waals surface area contributed by atoms with Crippen LogP contribution < -0.4 is 16.2 Å². The number of aromatic nitrogens is 4. The van der Waals surface area contributed by atoms with Gasteiger partial charge in [-0.3, -0.25) is 0 Å². The van der Waals surface area contributed by atoms with Gasteiger partial charge in [-0.1, -0.05) is 6.92 Å². The fourth-order valence-corrected chi connectivity index (χ4v) is 2.60. The second kappa shape index (κ2) is 7.53. The lowest BCUT2D eigenvalue weighted by Crippen LogP contribution is -2.06. The monoisotopic (exact) mass is 349 g/mol. The third-order valence-corrected chi connectivity index (χ3v) is 3.77. The van der Waals surface area contributed by atoms with Gasteiger partial charge in [-0.25, -0.2) is 9.97 Å². The smallest absolute Gasteiger partial charge is 0.222 e. The van der Waals surface area contributed by atoms with E-state index in [2.05, 4.69) is 27.9 Å². The van der Waals surface area contributed by atoms with Crippen molar-refractivity contribution < 1.29 is 4.74 Å². The Hall–Kier alpha value is -3.60. The normalized spacial score (nSPS) is 10.5. The average molecular weight is 349 g/mol. The van der Waals surface area contributed by atoms with Gasteiger partial charge in [0, 0.05) is 23.5 Å². The highest BCUT2D eigenvalue weighted by atomic mass is 16.5. The van der Waals surface area contributed by atoms with Crippen molar-refractivity contribution in [2.24, 2.45) is 0 Å². The number of hydrogen-bond acceptors (Lipinski definition) is 7. The molecule has 0 fully saturated rings. The number of hydrogen-bond donors (Lipinski definition) is 2. The van der Waals surface area contributed by atoms with Crippen molar-refractivity contribution in [1.29, 1.82) is 5.26 Å². The summed E-state index contributed by atoms with van der Waals surface area (Å²) in [7, 11) is 0. The minimum atomic E-state index is 0.0268. The van der Waals surface area contributed by atoms with Crippen LogP contribution in [-0.2, 0) is 6.54 Å². The molecule has 2 heterocycles. The number of nitrogen functional groups attached to an aromatic ring is 2. The van der Waals surface area contributed by atoms with Crippen molar-refractivity contribution in [2.75, 3.05) is 18.1 Å². The average Bonchev–Trinajstić information content (AvgIpc) is 3.13. The van der Waals surface area contributed by atoms with Crippen LogP contribution in [0.3, 0.4) is 0 Å². The summed E-state index contributed by atoms with van der Waals surface area (Å²) in [4.78, 5) is 12.1. The standard InChI is InChI=1S/C18H19N7O/c1-2-7-26-15-4-3-12(8-13(15)10-25-6-5-22-11-25)16-14(9-19)17(20)24-18(21)23-16/h3-6,8,11H,2,7,10H2,1H3,(H4,20,21,23,24). The highest BCUT2D eigenvalue weighted by molar-refractivity contribution is 5.74. The molecule has 2 aromatic heterocycles. The quantitative estimate of drug-likeness (QED) is 0.698. The van der Waals surface area contributed by atoms with Gasteiger partial charge in [-0.05, 0) is 24.6 Å². The molecule has 1 aromatic carbocycles. The first-order valence-electron chi connectivity index (χ1n) is 8.17. The van der Waals surface area contributed by atoms with E-state index in [1.54, 1.807) is 12.5 Å². The van der Waals surface area contributed by atoms with Gasteiger partial charge in [0.2, 0.25) is 5.95 Å². The summed E-state index contributed by atoms with van der Waals surface area (Å²) in [6.07, 6.45) is 6.23. The predicted octanol–water partition coefficient (Wildman–Crippen LogP) is 2.21. The Morgan fingerprint density at radius 2 is 2.12 bits per heavy atom. The number of anilines is 2. The molecule has 0 spiro atoms. The van der Waals surface area contributed by atoms with Gasteiger partial charge in [0.05, 0.1) is 25.2 Å². The summed E-state index contributed by atoms with van der Waals surface area (Å²) in [6, 6.07) is 7.68. The molecular formula is C18H19N7O. The van der Waals surface area contributed by atoms with Crippen molar-refractivity contribution in [1.82, 2.24) is 19.5 Å². The lowest BCUT2D eigenvalue weighted by Gasteiger charge is -2.14. The SMILES string of the molecule is CCCOc1ccc(-c2nc(N)nc(N)c2C#N)cc1Cn1ccnc1. The highest BCUT2D eigenvalue weighted by Crippen LogP contribution is 2.30. The molecule has 0 saturated carbocycles. The van der Waals surface area contributed by atoms with E-state index in [4.69, 9.17) is 16.2 Å². The molecule has 0 radical (unpaired) electrons. The summed E-state index contributed by atoms with van der Waals surface area (Å²) < 4.78 is 7.79. The van der Waals surface area contributed by atoms with Gasteiger partial charge in [-0.15, -0.1) is 0 Å². The van der Waals surface area contributed by atoms with E-state index in [-0.39, 0.29) is 17.3 Å². The fourth-order valence-electron chi connectivity index (χ4n) is 2.60. The van der Waals surface area contributed by atoms with Crippen molar-refractivity contribution in [3.8, 4) is 23.1 Å². The fraction of sp³-hybridized carbons (Fsp3) is 0.222. The summed E-state index contributed by atoms with van der Waals surface area (Å²) in [5.41, 5.74) is 13.8. The first-order valence-corrected chi connectivity index (χ1v) is 8.17. The molecule has 0 aliphatic carbocycles. The molecule has 3 aromatic rings. The number of nitriles is 1. The zero-order chi connectivity index (χ0) is 18.5. The van der Waals surface area contributed by atoms with Crippen LogP contribution in [0.5, 0.6) is 5.75 Å². The van der Waals surface area contributed by atoms with E-state index in [0.29, 0.717) is 18.8 Å². The number of nitrogens with zero attached hydrogens (tertiary/aromatic N) is 5. The molecular weight excluding hydrogens is 330 g/mol.